The van der Waals surface area contributed by atoms with E-state index in [1.807, 2.05) is 32.0 Å². The maximum absolute atomic E-state index is 13.2. The van der Waals surface area contributed by atoms with Crippen molar-refractivity contribution < 1.29 is 14.3 Å². The summed E-state index contributed by atoms with van der Waals surface area (Å²) in [5.74, 6) is -0.209. The van der Waals surface area contributed by atoms with Crippen LogP contribution in [0.25, 0.3) is 5.57 Å². The summed E-state index contributed by atoms with van der Waals surface area (Å²) in [5, 5.41) is 9.09. The molecule has 0 aromatic heterocycles. The van der Waals surface area contributed by atoms with Crippen LogP contribution in [0.2, 0.25) is 0 Å². The van der Waals surface area contributed by atoms with Crippen molar-refractivity contribution in [3.05, 3.63) is 64.6 Å². The molecule has 0 saturated carbocycles. The number of hydrogen-bond donors (Lipinski definition) is 0. The molecule has 0 spiro atoms. The summed E-state index contributed by atoms with van der Waals surface area (Å²) >= 11 is 1.36. The predicted molar refractivity (Wildman–Crippen MR) is 106 cm³/mol. The summed E-state index contributed by atoms with van der Waals surface area (Å²) in [5.41, 5.74) is 1.85. The Bertz CT molecular complexity index is 972. The van der Waals surface area contributed by atoms with Gasteiger partial charge in [-0.15, -0.1) is 11.8 Å². The molecule has 0 fully saturated rings. The topological polar surface area (TPSA) is 70.4 Å². The van der Waals surface area contributed by atoms with Gasteiger partial charge < -0.3 is 4.74 Å². The minimum absolute atomic E-state index is 0.127. The molecule has 6 heteroatoms. The van der Waals surface area contributed by atoms with Gasteiger partial charge in [0.2, 0.25) is 0 Å². The van der Waals surface area contributed by atoms with E-state index in [9.17, 15) is 9.59 Å². The van der Waals surface area contributed by atoms with E-state index in [4.69, 9.17) is 10.00 Å². The second-order valence-corrected chi connectivity index (χ2v) is 7.76. The van der Waals surface area contributed by atoms with Crippen LogP contribution in [0.3, 0.4) is 0 Å². The van der Waals surface area contributed by atoms with Gasteiger partial charge in [0.15, 0.2) is 0 Å². The van der Waals surface area contributed by atoms with E-state index in [0.29, 0.717) is 33.0 Å². The van der Waals surface area contributed by atoms with Crippen molar-refractivity contribution in [2.24, 2.45) is 0 Å². The SMILES string of the molecule is COc1ccccc1C1=C(SC(C)C)C(=O)N(c2ccc(C#N)cc2)C1=O. The molecule has 0 saturated heterocycles. The van der Waals surface area contributed by atoms with Crippen molar-refractivity contribution in [1.29, 1.82) is 5.26 Å². The largest absolute Gasteiger partial charge is 0.496 e. The molecular formula is C21H18N2O3S. The fourth-order valence-electron chi connectivity index (χ4n) is 2.86. The summed E-state index contributed by atoms with van der Waals surface area (Å²) in [7, 11) is 1.54. The number of methoxy groups -OCH3 is 1. The number of ether oxygens (including phenoxy) is 1. The van der Waals surface area contributed by atoms with Crippen molar-refractivity contribution in [3.63, 3.8) is 0 Å². The molecule has 5 nitrogen and oxygen atoms in total. The molecular weight excluding hydrogens is 360 g/mol. The summed E-state index contributed by atoms with van der Waals surface area (Å²) in [6, 6.07) is 15.6. The van der Waals surface area contributed by atoms with Gasteiger partial charge in [-0.2, -0.15) is 5.26 Å². The van der Waals surface area contributed by atoms with Crippen molar-refractivity contribution >= 4 is 34.8 Å². The molecule has 2 aromatic carbocycles. The second-order valence-electron chi connectivity index (χ2n) is 6.18. The first-order chi connectivity index (χ1) is 13.0. The Balaban J connectivity index is 2.13. The van der Waals surface area contributed by atoms with Crippen molar-refractivity contribution in [1.82, 2.24) is 0 Å². The first kappa shape index (κ1) is 18.7. The van der Waals surface area contributed by atoms with Gasteiger partial charge in [-0.25, -0.2) is 4.90 Å². The monoisotopic (exact) mass is 378 g/mol. The van der Waals surface area contributed by atoms with E-state index in [1.54, 1.807) is 36.4 Å². The smallest absolute Gasteiger partial charge is 0.272 e. The molecule has 0 N–H and O–H groups in total. The van der Waals surface area contributed by atoms with E-state index < -0.39 is 5.91 Å². The van der Waals surface area contributed by atoms with Crippen LogP contribution in [0.15, 0.2) is 53.4 Å². The number of hydrogen-bond acceptors (Lipinski definition) is 5. The van der Waals surface area contributed by atoms with E-state index >= 15 is 0 Å². The van der Waals surface area contributed by atoms with Crippen molar-refractivity contribution in [2.75, 3.05) is 12.0 Å². The lowest BCUT2D eigenvalue weighted by Crippen LogP contribution is -2.31. The van der Waals surface area contributed by atoms with Crippen molar-refractivity contribution in [3.8, 4) is 11.8 Å². The number of nitrogens with zero attached hydrogens (tertiary/aromatic N) is 2. The molecule has 1 aliphatic heterocycles. The Labute approximate surface area is 162 Å². The van der Waals surface area contributed by atoms with Gasteiger partial charge >= 0.3 is 0 Å². The predicted octanol–water partition coefficient (Wildman–Crippen LogP) is 3.99. The lowest BCUT2D eigenvalue weighted by Gasteiger charge is -2.15. The van der Waals surface area contributed by atoms with Crippen molar-refractivity contribution in [2.45, 2.75) is 19.1 Å². The van der Waals surface area contributed by atoms with Crippen LogP contribution >= 0.6 is 11.8 Å². The highest BCUT2D eigenvalue weighted by Gasteiger charge is 2.41. The Kier molecular flexibility index (Phi) is 5.33. The maximum atomic E-state index is 13.2. The molecule has 0 bridgehead atoms. The first-order valence-electron chi connectivity index (χ1n) is 8.41. The van der Waals surface area contributed by atoms with Crippen LogP contribution in [0.1, 0.15) is 25.0 Å². The average molecular weight is 378 g/mol. The normalized spacial score (nSPS) is 14.1. The third-order valence-electron chi connectivity index (χ3n) is 4.03. The number of carbonyl (C=O) groups is 2. The number of anilines is 1. The summed E-state index contributed by atoms with van der Waals surface area (Å²) in [6.45, 7) is 3.94. The van der Waals surface area contributed by atoms with E-state index in [1.165, 1.54) is 18.9 Å². The number of para-hydroxylation sites is 1. The molecule has 1 heterocycles. The molecule has 0 radical (unpaired) electrons. The van der Waals surface area contributed by atoms with Crippen LogP contribution in [0, 0.1) is 11.3 Å². The number of nitriles is 1. The molecule has 0 atom stereocenters. The average Bonchev–Trinajstić information content (AvgIpc) is 2.91. The molecule has 0 aliphatic carbocycles. The second kappa shape index (κ2) is 7.68. The van der Waals surface area contributed by atoms with E-state index in [-0.39, 0.29) is 11.2 Å². The zero-order valence-corrected chi connectivity index (χ0v) is 16.0. The zero-order valence-electron chi connectivity index (χ0n) is 15.2. The minimum Gasteiger partial charge on any atom is -0.496 e. The van der Waals surface area contributed by atoms with Crippen LogP contribution in [-0.2, 0) is 9.59 Å². The van der Waals surface area contributed by atoms with E-state index in [0.717, 1.165) is 4.90 Å². The van der Waals surface area contributed by atoms with Crippen LogP contribution in [-0.4, -0.2) is 24.2 Å². The Morgan fingerprint density at radius 3 is 2.30 bits per heavy atom. The fraction of sp³-hybridized carbons (Fsp3) is 0.190. The minimum atomic E-state index is -0.391. The Morgan fingerprint density at radius 1 is 1.04 bits per heavy atom. The molecule has 27 heavy (non-hydrogen) atoms. The van der Waals surface area contributed by atoms with E-state index in [2.05, 4.69) is 0 Å². The molecule has 1 aliphatic rings. The van der Waals surface area contributed by atoms with Crippen LogP contribution < -0.4 is 9.64 Å². The number of imide groups is 1. The summed E-state index contributed by atoms with van der Waals surface area (Å²) in [4.78, 5) is 27.9. The lowest BCUT2D eigenvalue weighted by atomic mass is 10.0. The van der Waals surface area contributed by atoms with Gasteiger partial charge in [0.1, 0.15) is 5.75 Å². The maximum Gasteiger partial charge on any atom is 0.272 e. The number of thioether (sulfide) groups is 1. The quantitative estimate of drug-likeness (QED) is 0.736. The number of amides is 2. The highest BCUT2D eigenvalue weighted by Crippen LogP contribution is 2.42. The summed E-state index contributed by atoms with van der Waals surface area (Å²) < 4.78 is 5.40. The van der Waals surface area contributed by atoms with Gasteiger partial charge in [-0.3, -0.25) is 9.59 Å². The fourth-order valence-corrected chi connectivity index (χ4v) is 3.84. The van der Waals surface area contributed by atoms with Crippen LogP contribution in [0.5, 0.6) is 5.75 Å². The van der Waals surface area contributed by atoms with Gasteiger partial charge in [0.05, 0.1) is 34.9 Å². The highest BCUT2D eigenvalue weighted by molar-refractivity contribution is 8.04. The number of carbonyl (C=O) groups excluding carboxylic acids is 2. The number of rotatable bonds is 5. The molecule has 136 valence electrons. The molecule has 2 amide bonds. The molecule has 3 rings (SSSR count). The third kappa shape index (κ3) is 3.46. The van der Waals surface area contributed by atoms with Gasteiger partial charge in [-0.1, -0.05) is 32.0 Å². The first-order valence-corrected chi connectivity index (χ1v) is 9.29. The third-order valence-corrected chi connectivity index (χ3v) is 5.11. The molecule has 0 unspecified atom stereocenters. The Hall–Kier alpha value is -3.04. The highest BCUT2D eigenvalue weighted by atomic mass is 32.2. The van der Waals surface area contributed by atoms with Crippen LogP contribution in [0.4, 0.5) is 5.69 Å². The Morgan fingerprint density at radius 2 is 1.70 bits per heavy atom. The lowest BCUT2D eigenvalue weighted by molar-refractivity contribution is -0.119. The molecule has 2 aromatic rings. The zero-order chi connectivity index (χ0) is 19.6. The standard InChI is InChI=1S/C21H18N2O3S/c1-13(2)27-19-18(16-6-4-5-7-17(16)26-3)20(24)23(21(19)25)15-10-8-14(12-22)9-11-15/h4-11,13H,1-3H3. The van der Waals surface area contributed by atoms with Gasteiger partial charge in [0.25, 0.3) is 11.8 Å². The number of benzene rings is 2. The van der Waals surface area contributed by atoms with Gasteiger partial charge in [-0.05, 0) is 30.3 Å². The van der Waals surface area contributed by atoms with Gasteiger partial charge in [0, 0.05) is 10.8 Å². The summed E-state index contributed by atoms with van der Waals surface area (Å²) in [6.07, 6.45) is 0.